The lowest BCUT2D eigenvalue weighted by Gasteiger charge is -2.37. The van der Waals surface area contributed by atoms with E-state index in [0.717, 1.165) is 20.7 Å². The highest BCUT2D eigenvalue weighted by Gasteiger charge is 2.67. The van der Waals surface area contributed by atoms with E-state index in [1.54, 1.807) is 6.21 Å². The number of carbonyl (C=O) groups is 2. The molecule has 6 atom stereocenters. The summed E-state index contributed by atoms with van der Waals surface area (Å²) < 4.78 is 0.946. The first-order chi connectivity index (χ1) is 12.5. The van der Waals surface area contributed by atoms with Crippen LogP contribution < -0.4 is 4.90 Å². The lowest BCUT2D eigenvalue weighted by molar-refractivity contribution is -0.140. The van der Waals surface area contributed by atoms with Crippen LogP contribution in [0.1, 0.15) is 12.0 Å². The lowest BCUT2D eigenvalue weighted by Crippen LogP contribution is -2.40. The van der Waals surface area contributed by atoms with Gasteiger partial charge in [-0.3, -0.25) is 9.59 Å². The molecule has 2 saturated carbocycles. The van der Waals surface area contributed by atoms with E-state index in [4.69, 9.17) is 0 Å². The quantitative estimate of drug-likeness (QED) is 0.434. The fourth-order valence-corrected chi connectivity index (χ4v) is 5.90. The van der Waals surface area contributed by atoms with Gasteiger partial charge in [0.25, 0.3) is 11.8 Å². The molecule has 4 aliphatic carbocycles. The molecule has 5 aliphatic rings. The van der Waals surface area contributed by atoms with Gasteiger partial charge in [0.05, 0.1) is 23.7 Å². The number of hydrogen-bond acceptors (Lipinski definition) is 4. The SMILES string of the molecule is CN(C)c1ccc(/C=N\N2C(=O)[C@@H]3[C@@H]4C=C[C@H]([C@@H]5C[C@H]45)[C@@H]3C2=O)cc1Br. The molecule has 1 aliphatic heterocycles. The fourth-order valence-electron chi connectivity index (χ4n) is 5.15. The number of carbonyl (C=O) groups excluding carboxylic acids is 2. The van der Waals surface area contributed by atoms with Crippen LogP contribution in [-0.2, 0) is 9.59 Å². The Bertz CT molecular complexity index is 842. The molecule has 6 heteroatoms. The Labute approximate surface area is 160 Å². The zero-order valence-electron chi connectivity index (χ0n) is 14.7. The number of allylic oxidation sites excluding steroid dienone is 2. The molecule has 0 unspecified atom stereocenters. The summed E-state index contributed by atoms with van der Waals surface area (Å²) in [6.07, 6.45) is 7.13. The van der Waals surface area contributed by atoms with Crippen LogP contribution in [0, 0.1) is 35.5 Å². The lowest BCUT2D eigenvalue weighted by atomic mass is 9.63. The maximum atomic E-state index is 12.9. The second kappa shape index (κ2) is 5.52. The van der Waals surface area contributed by atoms with Crippen LogP contribution in [0.3, 0.4) is 0 Å². The summed E-state index contributed by atoms with van der Waals surface area (Å²) in [5, 5.41) is 5.40. The number of anilines is 1. The Morgan fingerprint density at radius 3 is 2.27 bits per heavy atom. The second-order valence-electron chi connectivity index (χ2n) is 7.99. The van der Waals surface area contributed by atoms with Gasteiger partial charge in [0.15, 0.2) is 0 Å². The second-order valence-corrected chi connectivity index (χ2v) is 8.85. The average molecular weight is 414 g/mol. The third-order valence-corrected chi connectivity index (χ3v) is 7.05. The van der Waals surface area contributed by atoms with Crippen molar-refractivity contribution < 1.29 is 9.59 Å². The summed E-state index contributed by atoms with van der Waals surface area (Å²) in [5.41, 5.74) is 1.91. The molecule has 3 fully saturated rings. The molecule has 1 heterocycles. The van der Waals surface area contributed by atoms with Crippen molar-refractivity contribution >= 4 is 39.6 Å². The van der Waals surface area contributed by atoms with Gasteiger partial charge >= 0.3 is 0 Å². The Balaban J connectivity index is 1.40. The van der Waals surface area contributed by atoms with Crippen LogP contribution in [0.5, 0.6) is 0 Å². The van der Waals surface area contributed by atoms with Crippen molar-refractivity contribution in [3.05, 3.63) is 40.4 Å². The van der Waals surface area contributed by atoms with E-state index >= 15 is 0 Å². The van der Waals surface area contributed by atoms with Crippen molar-refractivity contribution in [2.75, 3.05) is 19.0 Å². The van der Waals surface area contributed by atoms with E-state index in [1.807, 2.05) is 37.2 Å². The molecular formula is C20H20BrN3O2. The van der Waals surface area contributed by atoms with Gasteiger partial charge in [-0.2, -0.15) is 10.1 Å². The van der Waals surface area contributed by atoms with Crippen molar-refractivity contribution in [3.63, 3.8) is 0 Å². The number of hydrazone groups is 1. The summed E-state index contributed by atoms with van der Waals surface area (Å²) in [7, 11) is 3.95. The van der Waals surface area contributed by atoms with Crippen LogP contribution in [0.4, 0.5) is 5.69 Å². The third-order valence-electron chi connectivity index (χ3n) is 6.42. The minimum absolute atomic E-state index is 0.120. The Kier molecular flexibility index (Phi) is 3.45. The Hall–Kier alpha value is -1.95. The van der Waals surface area contributed by atoms with Gasteiger partial charge in [-0.15, -0.1) is 0 Å². The predicted molar refractivity (Wildman–Crippen MR) is 103 cm³/mol. The molecule has 6 rings (SSSR count). The van der Waals surface area contributed by atoms with Crippen molar-refractivity contribution in [2.24, 2.45) is 40.6 Å². The number of amides is 2. The molecule has 1 aromatic carbocycles. The minimum Gasteiger partial charge on any atom is -0.377 e. The molecule has 134 valence electrons. The smallest absolute Gasteiger partial charge is 0.254 e. The molecule has 1 aromatic rings. The third kappa shape index (κ3) is 2.17. The molecule has 5 nitrogen and oxygen atoms in total. The zero-order chi connectivity index (χ0) is 18.2. The van der Waals surface area contributed by atoms with E-state index < -0.39 is 0 Å². The molecule has 26 heavy (non-hydrogen) atoms. The van der Waals surface area contributed by atoms with E-state index in [-0.39, 0.29) is 35.5 Å². The summed E-state index contributed by atoms with van der Waals surface area (Å²) in [4.78, 5) is 27.8. The first-order valence-electron chi connectivity index (χ1n) is 9.04. The Morgan fingerprint density at radius 2 is 1.73 bits per heavy atom. The highest BCUT2D eigenvalue weighted by Crippen LogP contribution is 2.65. The first-order valence-corrected chi connectivity index (χ1v) is 9.83. The van der Waals surface area contributed by atoms with Crippen LogP contribution in [0.15, 0.2) is 39.9 Å². The summed E-state index contributed by atoms with van der Waals surface area (Å²) in [6, 6.07) is 5.86. The van der Waals surface area contributed by atoms with Crippen molar-refractivity contribution in [2.45, 2.75) is 6.42 Å². The number of halogens is 1. The Morgan fingerprint density at radius 1 is 1.12 bits per heavy atom. The monoisotopic (exact) mass is 413 g/mol. The van der Waals surface area contributed by atoms with Gasteiger partial charge in [0, 0.05) is 18.6 Å². The number of rotatable bonds is 3. The number of benzene rings is 1. The van der Waals surface area contributed by atoms with E-state index in [9.17, 15) is 9.59 Å². The van der Waals surface area contributed by atoms with Crippen LogP contribution in [0.2, 0.25) is 0 Å². The average Bonchev–Trinajstić information content (AvgIpc) is 3.39. The summed E-state index contributed by atoms with van der Waals surface area (Å²) in [5.74, 6) is 1.07. The van der Waals surface area contributed by atoms with Crippen LogP contribution >= 0.6 is 15.9 Å². The van der Waals surface area contributed by atoms with Gasteiger partial charge in [-0.1, -0.05) is 18.2 Å². The van der Waals surface area contributed by atoms with Crippen LogP contribution in [-0.4, -0.2) is 37.1 Å². The maximum absolute atomic E-state index is 12.9. The molecular weight excluding hydrogens is 394 g/mol. The fraction of sp³-hybridized carbons (Fsp3) is 0.450. The van der Waals surface area contributed by atoms with Crippen molar-refractivity contribution in [1.29, 1.82) is 0 Å². The van der Waals surface area contributed by atoms with Gasteiger partial charge in [0.1, 0.15) is 0 Å². The highest BCUT2D eigenvalue weighted by molar-refractivity contribution is 9.10. The maximum Gasteiger partial charge on any atom is 0.254 e. The normalized spacial score (nSPS) is 36.7. The largest absolute Gasteiger partial charge is 0.377 e. The molecule has 1 saturated heterocycles. The molecule has 2 bridgehead atoms. The molecule has 0 N–H and O–H groups in total. The predicted octanol–water partition coefficient (Wildman–Crippen LogP) is 2.90. The van der Waals surface area contributed by atoms with E-state index in [1.165, 1.54) is 6.42 Å². The van der Waals surface area contributed by atoms with Gasteiger partial charge in [-0.05, 0) is 63.7 Å². The van der Waals surface area contributed by atoms with E-state index in [0.29, 0.717) is 11.8 Å². The van der Waals surface area contributed by atoms with Crippen molar-refractivity contribution in [3.8, 4) is 0 Å². The number of imide groups is 1. The van der Waals surface area contributed by atoms with Gasteiger partial charge in [-0.25, -0.2) is 0 Å². The minimum atomic E-state index is -0.193. The van der Waals surface area contributed by atoms with Crippen molar-refractivity contribution in [1.82, 2.24) is 5.01 Å². The first kappa shape index (κ1) is 16.2. The van der Waals surface area contributed by atoms with Gasteiger partial charge < -0.3 is 4.90 Å². The topological polar surface area (TPSA) is 53.0 Å². The van der Waals surface area contributed by atoms with Gasteiger partial charge in [0.2, 0.25) is 0 Å². The summed E-state index contributed by atoms with van der Waals surface area (Å²) in [6.45, 7) is 0. The standard InChI is InChI=1S/C20H20BrN3O2/c1-23(2)16-6-3-10(7-15(16)21)9-22-24-19(25)17-11-4-5-12(14-8-13(11)14)18(17)20(24)26/h3-7,9,11-14,17-18H,8H2,1-2H3/b22-9-/t11-,12-,13-,14+,17-,18+/m1/s1. The number of nitrogens with zero attached hydrogens (tertiary/aromatic N) is 3. The van der Waals surface area contributed by atoms with E-state index in [2.05, 4.69) is 33.2 Å². The van der Waals surface area contributed by atoms with Crippen LogP contribution in [0.25, 0.3) is 0 Å². The zero-order valence-corrected chi connectivity index (χ0v) is 16.3. The number of hydrogen-bond donors (Lipinski definition) is 0. The molecule has 2 amide bonds. The highest BCUT2D eigenvalue weighted by atomic mass is 79.9. The molecule has 0 spiro atoms. The molecule has 0 aromatic heterocycles. The summed E-state index contributed by atoms with van der Waals surface area (Å²) >= 11 is 3.55. The molecule has 0 radical (unpaired) electrons.